The third kappa shape index (κ3) is 13.0. The number of hydrogen-bond donors (Lipinski definition) is 5. The summed E-state index contributed by atoms with van der Waals surface area (Å²) < 4.78 is 31.8. The van der Waals surface area contributed by atoms with E-state index in [0.29, 0.717) is 82.7 Å². The highest BCUT2D eigenvalue weighted by Crippen LogP contribution is 2.46. The number of aliphatic hydroxyl groups is 1. The van der Waals surface area contributed by atoms with Crippen molar-refractivity contribution in [2.45, 2.75) is 148 Å². The lowest BCUT2D eigenvalue weighted by atomic mass is 9.85. The Morgan fingerprint density at radius 3 is 2.44 bits per heavy atom. The molecule has 2 aliphatic carbocycles. The van der Waals surface area contributed by atoms with Crippen molar-refractivity contribution in [2.75, 3.05) is 29.1 Å². The fourth-order valence-electron chi connectivity index (χ4n) is 11.7. The first-order valence-corrected chi connectivity index (χ1v) is 30.9. The molecule has 21 heteroatoms. The third-order valence-electron chi connectivity index (χ3n) is 16.4. The van der Waals surface area contributed by atoms with Crippen LogP contribution in [0, 0.1) is 30.6 Å². The number of fused-ring (bicyclic) bond motifs is 2. The number of rotatable bonds is 19. The van der Waals surface area contributed by atoms with Crippen LogP contribution in [-0.4, -0.2) is 110 Å². The van der Waals surface area contributed by atoms with Crippen molar-refractivity contribution in [1.29, 1.82) is 0 Å². The summed E-state index contributed by atoms with van der Waals surface area (Å²) in [6.07, 6.45) is 16.6. The van der Waals surface area contributed by atoms with Gasteiger partial charge in [0.15, 0.2) is 5.13 Å². The van der Waals surface area contributed by atoms with Gasteiger partial charge in [0.25, 0.3) is 11.8 Å². The minimum Gasteiger partial charge on any atom is -0.391 e. The number of thiazole rings is 1. The van der Waals surface area contributed by atoms with E-state index in [1.807, 2.05) is 85.8 Å². The first-order valence-electron chi connectivity index (χ1n) is 28.4. The van der Waals surface area contributed by atoms with Crippen LogP contribution in [0.25, 0.3) is 21.5 Å². The maximum absolute atomic E-state index is 14.4. The molecule has 2 aliphatic heterocycles. The number of nitrogens with one attached hydrogen (secondary N) is 4. The molecular weight excluding hydrogens is 1080 g/mol. The van der Waals surface area contributed by atoms with Crippen LogP contribution in [0.2, 0.25) is 0 Å². The van der Waals surface area contributed by atoms with Crippen molar-refractivity contribution >= 4 is 72.2 Å². The summed E-state index contributed by atoms with van der Waals surface area (Å²) in [6, 6.07) is 18.3. The summed E-state index contributed by atoms with van der Waals surface area (Å²) in [6.45, 7) is 8.86. The highest BCUT2D eigenvalue weighted by Gasteiger charge is 2.50. The molecule has 2 saturated carbocycles. The number of hydrogen-bond acceptors (Lipinski definition) is 14. The van der Waals surface area contributed by atoms with Gasteiger partial charge in [-0.25, -0.2) is 28.1 Å². The lowest BCUT2D eigenvalue weighted by Crippen LogP contribution is -2.58. The molecule has 5 amide bonds. The minimum atomic E-state index is -4.22. The molecule has 0 radical (unpaired) electrons. The first kappa shape index (κ1) is 57.7. The maximum atomic E-state index is 14.4. The van der Waals surface area contributed by atoms with Gasteiger partial charge in [-0.05, 0) is 122 Å². The predicted octanol–water partition coefficient (Wildman–Crippen LogP) is 7.55. The minimum absolute atomic E-state index is 0.0122. The smallest absolute Gasteiger partial charge is 0.284 e. The van der Waals surface area contributed by atoms with E-state index in [1.54, 1.807) is 30.6 Å². The molecule has 1 saturated heterocycles. The molecule has 0 bridgehead atoms. The molecule has 6 aromatic rings. The molecular formula is C61H71N11O8S2. The molecule has 4 aliphatic rings. The largest absolute Gasteiger partial charge is 0.391 e. The van der Waals surface area contributed by atoms with Gasteiger partial charge in [-0.15, -0.1) is 6.42 Å². The van der Waals surface area contributed by atoms with Crippen LogP contribution in [0.5, 0.6) is 0 Å². The SMILES string of the molecule is C#Cc1ccc(C2(NC(=O)[C@@H]3C[C@@H](O)CN3C(=O)[C@@H](NC(=O)CCCCCS(=O)(=O)NC(=O)c3nc(N4CCc5cccc(C(=O)Nc6nc7cccnc7s6)c5C4)ccc3-c3cnn(CC4CCCCC4)c3C)C(C)(C)C)CC2)cc1. The van der Waals surface area contributed by atoms with Crippen LogP contribution in [-0.2, 0) is 49.5 Å². The Hall–Kier alpha value is -7.54. The van der Waals surface area contributed by atoms with E-state index in [-0.39, 0.29) is 49.7 Å². The second-order valence-electron chi connectivity index (χ2n) is 23.4. The number of carbonyl (C=O) groups excluding carboxylic acids is 5. The van der Waals surface area contributed by atoms with Gasteiger partial charge in [0.2, 0.25) is 27.7 Å². The zero-order chi connectivity index (χ0) is 57.9. The Bertz CT molecular complexity index is 3520. The molecule has 3 fully saturated rings. The van der Waals surface area contributed by atoms with Crippen LogP contribution < -0.4 is 25.6 Å². The standard InChI is InChI=1S/C61H71N11O8S2/c1-6-39-21-23-42(24-22-39)61(28-29-61)68-55(76)49-33-43(73)36-71(49)58(78)53(60(3,4)5)66-51(74)20-11-8-12-32-82(79,80)69-56(77)52-44(46-34-63-72(38(46)2)35-40-15-9-7-10-16-40)25-26-50(65-52)70-31-27-41-17-13-18-45(47(41)37-70)54(75)67-59-64-48-19-14-30-62-57(48)81-59/h1,13-14,17-19,21-26,30,34,40,43,49,53,73H,7-12,15-16,20,27-29,31-33,35-37H2,2-5H3,(H,66,74)(H,68,76)(H,69,77)(H,64,67,75)/t43-,49+,53-/m1/s1. The first-order chi connectivity index (χ1) is 39.3. The second kappa shape index (κ2) is 24.1. The third-order valence-corrected chi connectivity index (χ3v) is 18.7. The van der Waals surface area contributed by atoms with Crippen molar-refractivity contribution in [2.24, 2.45) is 11.3 Å². The van der Waals surface area contributed by atoms with Gasteiger partial charge in [0, 0.05) is 73.2 Å². The average molecular weight is 1150 g/mol. The summed E-state index contributed by atoms with van der Waals surface area (Å²) in [4.78, 5) is 87.9. The average Bonchev–Trinajstić information content (AvgIpc) is 3.89. The van der Waals surface area contributed by atoms with Gasteiger partial charge < -0.3 is 25.5 Å². The lowest BCUT2D eigenvalue weighted by Gasteiger charge is -2.35. The fraction of sp³-hybridized carbons (Fsp3) is 0.459. The number of nitrogens with zero attached hydrogens (tertiary/aromatic N) is 7. The van der Waals surface area contributed by atoms with E-state index < -0.39 is 62.6 Å². The van der Waals surface area contributed by atoms with Gasteiger partial charge in [0.1, 0.15) is 33.9 Å². The van der Waals surface area contributed by atoms with E-state index in [4.69, 9.17) is 16.5 Å². The van der Waals surface area contributed by atoms with Crippen LogP contribution in [0.15, 0.2) is 79.1 Å². The summed E-state index contributed by atoms with van der Waals surface area (Å²) in [7, 11) is -4.22. The monoisotopic (exact) mass is 1150 g/mol. The number of unbranched alkanes of at least 4 members (excludes halogenated alkanes) is 2. The van der Waals surface area contributed by atoms with Gasteiger partial charge in [-0.3, -0.25) is 34.0 Å². The summed E-state index contributed by atoms with van der Waals surface area (Å²) in [5.41, 5.74) is 5.07. The normalized spacial score (nSPS) is 18.3. The van der Waals surface area contributed by atoms with Crippen LogP contribution in [0.1, 0.15) is 147 Å². The van der Waals surface area contributed by atoms with E-state index in [2.05, 4.69) is 36.6 Å². The molecule has 4 aromatic heterocycles. The number of anilines is 2. The molecule has 430 valence electrons. The second-order valence-corrected chi connectivity index (χ2v) is 26.2. The number of carbonyl (C=O) groups is 5. The van der Waals surface area contributed by atoms with Crippen molar-refractivity contribution in [3.05, 3.63) is 118 Å². The Morgan fingerprint density at radius 1 is 0.927 bits per heavy atom. The van der Waals surface area contributed by atoms with Crippen molar-refractivity contribution in [3.8, 4) is 23.5 Å². The van der Waals surface area contributed by atoms with Crippen LogP contribution in [0.3, 0.4) is 0 Å². The topological polar surface area (TPSA) is 251 Å². The van der Waals surface area contributed by atoms with E-state index in [1.165, 1.54) is 35.5 Å². The van der Waals surface area contributed by atoms with E-state index >= 15 is 0 Å². The number of aliphatic hydroxyl groups excluding tert-OH is 1. The summed E-state index contributed by atoms with van der Waals surface area (Å²) in [5.74, 6) is 0.601. The number of β-amino-alcohol motifs (C(OH)–C–C–N with tert-alkyl or cyclic N) is 1. The van der Waals surface area contributed by atoms with E-state index in [0.717, 1.165) is 47.3 Å². The number of pyridine rings is 2. The van der Waals surface area contributed by atoms with Crippen LogP contribution >= 0.6 is 11.3 Å². The summed E-state index contributed by atoms with van der Waals surface area (Å²) >= 11 is 1.29. The lowest BCUT2D eigenvalue weighted by molar-refractivity contribution is -0.144. The van der Waals surface area contributed by atoms with Crippen LogP contribution in [0.4, 0.5) is 10.9 Å². The number of benzene rings is 2. The molecule has 0 spiro atoms. The van der Waals surface area contributed by atoms with Crippen molar-refractivity contribution in [3.63, 3.8) is 0 Å². The van der Waals surface area contributed by atoms with Crippen molar-refractivity contribution in [1.82, 2.24) is 45.0 Å². The zero-order valence-electron chi connectivity index (χ0n) is 46.9. The number of amides is 5. The molecule has 10 rings (SSSR count). The zero-order valence-corrected chi connectivity index (χ0v) is 48.5. The van der Waals surface area contributed by atoms with Gasteiger partial charge in [-0.1, -0.05) is 88.0 Å². The quantitative estimate of drug-likeness (QED) is 0.0389. The Balaban J connectivity index is 0.783. The van der Waals surface area contributed by atoms with Gasteiger partial charge in [-0.2, -0.15) is 5.10 Å². The highest BCUT2D eigenvalue weighted by molar-refractivity contribution is 7.90. The number of aromatic nitrogens is 5. The predicted molar refractivity (Wildman–Crippen MR) is 314 cm³/mol. The van der Waals surface area contributed by atoms with E-state index in [9.17, 15) is 37.5 Å². The fourth-order valence-corrected chi connectivity index (χ4v) is 13.5. The number of terminal acetylenes is 1. The summed E-state index contributed by atoms with van der Waals surface area (Å²) in [5, 5.41) is 24.9. The Morgan fingerprint density at radius 2 is 1.71 bits per heavy atom. The van der Waals surface area contributed by atoms with Crippen molar-refractivity contribution < 1.29 is 37.5 Å². The maximum Gasteiger partial charge on any atom is 0.284 e. The molecule has 19 nitrogen and oxygen atoms in total. The molecule has 2 aromatic carbocycles. The molecule has 6 heterocycles. The molecule has 5 N–H and O–H groups in total. The number of sulfonamides is 1. The molecule has 3 atom stereocenters. The molecule has 82 heavy (non-hydrogen) atoms. The van der Waals surface area contributed by atoms with Gasteiger partial charge >= 0.3 is 0 Å². The van der Waals surface area contributed by atoms with Gasteiger partial charge in [0.05, 0.1) is 23.6 Å². The molecule has 0 unspecified atom stereocenters. The Labute approximate surface area is 482 Å². The number of likely N-dealkylation sites (tertiary alicyclic amines) is 1. The Kier molecular flexibility index (Phi) is 17.0. The highest BCUT2D eigenvalue weighted by atomic mass is 32.2.